The van der Waals surface area contributed by atoms with E-state index >= 15 is 0 Å². The maximum absolute atomic E-state index is 11.0. The lowest BCUT2D eigenvalue weighted by Gasteiger charge is -2.29. The van der Waals surface area contributed by atoms with E-state index in [1.165, 1.54) is 0 Å². The van der Waals surface area contributed by atoms with Crippen molar-refractivity contribution in [1.29, 1.82) is 0 Å². The Kier molecular flexibility index (Phi) is 8.45. The van der Waals surface area contributed by atoms with Crippen molar-refractivity contribution >= 4 is 37.2 Å². The number of aliphatic hydroxyl groups excluding tert-OH is 1. The van der Waals surface area contributed by atoms with E-state index in [2.05, 4.69) is 25.3 Å². The molecule has 0 aromatic rings. The molecule has 0 aliphatic heterocycles. The number of carbonyl (C=O) groups is 2. The Balaban J connectivity index is 4.34. The molecule has 1 N–H and O–H groups in total. The van der Waals surface area contributed by atoms with Crippen LogP contribution in [0.5, 0.6) is 0 Å². The quantitative estimate of drug-likeness (QED) is 0.442. The smallest absolute Gasteiger partial charge is 0.315 e. The van der Waals surface area contributed by atoms with Gasteiger partial charge in [0, 0.05) is 0 Å². The Morgan fingerprint density at radius 2 is 1.53 bits per heavy atom. The van der Waals surface area contributed by atoms with Gasteiger partial charge in [0.25, 0.3) is 0 Å². The van der Waals surface area contributed by atoms with Gasteiger partial charge in [-0.15, -0.1) is 0 Å². The van der Waals surface area contributed by atoms with E-state index in [1.807, 2.05) is 6.92 Å². The molecule has 0 aromatic carbocycles. The van der Waals surface area contributed by atoms with Crippen LogP contribution in [0, 0.1) is 5.41 Å². The van der Waals surface area contributed by atoms with Crippen molar-refractivity contribution in [2.75, 3.05) is 31.3 Å². The molecule has 0 heterocycles. The van der Waals surface area contributed by atoms with E-state index in [9.17, 15) is 14.7 Å². The topological polar surface area (TPSA) is 72.8 Å². The van der Waals surface area contributed by atoms with Crippen molar-refractivity contribution in [3.8, 4) is 0 Å². The summed E-state index contributed by atoms with van der Waals surface area (Å²) in [7, 11) is 0. The average Bonchev–Trinajstić information content (AvgIpc) is 2.38. The maximum Gasteiger partial charge on any atom is 0.315 e. The summed E-state index contributed by atoms with van der Waals surface area (Å²) in [4.78, 5) is 22.0. The summed E-state index contributed by atoms with van der Waals surface area (Å²) < 4.78 is 9.84. The Morgan fingerprint density at radius 1 is 1.12 bits per heavy atom. The minimum Gasteiger partial charge on any atom is -0.464 e. The lowest BCUT2D eigenvalue weighted by Crippen LogP contribution is -2.37. The second kappa shape index (κ2) is 8.66. The van der Waals surface area contributed by atoms with Gasteiger partial charge in [-0.25, -0.2) is 0 Å². The fourth-order valence-electron chi connectivity index (χ4n) is 1.01. The highest BCUT2D eigenvalue weighted by atomic mass is 32.1. The van der Waals surface area contributed by atoms with E-state index in [0.717, 1.165) is 0 Å². The van der Waals surface area contributed by atoms with Crippen LogP contribution >= 0.6 is 25.3 Å². The molecule has 0 aliphatic carbocycles. The highest BCUT2D eigenvalue weighted by molar-refractivity contribution is 7.81. The number of esters is 2. The van der Waals surface area contributed by atoms with Gasteiger partial charge in [-0.1, -0.05) is 6.92 Å². The summed E-state index contributed by atoms with van der Waals surface area (Å²) in [6.07, 6.45) is 0.517. The van der Waals surface area contributed by atoms with E-state index in [1.54, 1.807) is 0 Å². The summed E-state index contributed by atoms with van der Waals surface area (Å²) in [6, 6.07) is 0. The van der Waals surface area contributed by atoms with Gasteiger partial charge in [-0.05, 0) is 6.42 Å². The van der Waals surface area contributed by atoms with Gasteiger partial charge in [0.05, 0.1) is 23.5 Å². The first-order valence-corrected chi connectivity index (χ1v) is 6.44. The highest BCUT2D eigenvalue weighted by Crippen LogP contribution is 2.22. The Hall–Kier alpha value is -0.400. The van der Waals surface area contributed by atoms with Crippen LogP contribution in [0.4, 0.5) is 0 Å². The highest BCUT2D eigenvalue weighted by Gasteiger charge is 2.31. The van der Waals surface area contributed by atoms with E-state index in [4.69, 9.17) is 9.47 Å². The fourth-order valence-corrected chi connectivity index (χ4v) is 1.19. The molecular weight excluding hydrogens is 264 g/mol. The Bertz CT molecular complexity index is 231. The number of hydrogen-bond acceptors (Lipinski definition) is 7. The average molecular weight is 282 g/mol. The second-order valence-electron chi connectivity index (χ2n) is 3.65. The van der Waals surface area contributed by atoms with E-state index in [0.29, 0.717) is 6.42 Å². The third-order valence-electron chi connectivity index (χ3n) is 2.42. The Labute approximate surface area is 112 Å². The summed E-state index contributed by atoms with van der Waals surface area (Å²) in [5, 5.41) is 9.33. The zero-order chi connectivity index (χ0) is 13.3. The van der Waals surface area contributed by atoms with Crippen molar-refractivity contribution in [1.82, 2.24) is 0 Å². The monoisotopic (exact) mass is 282 g/mol. The van der Waals surface area contributed by atoms with Gasteiger partial charge in [0.1, 0.15) is 13.2 Å². The SMILES string of the molecule is CCC(CO)(COC(=O)CS)COC(=O)CS. The molecule has 0 atom stereocenters. The molecule has 7 heteroatoms. The molecule has 0 bridgehead atoms. The number of aliphatic hydroxyl groups is 1. The summed E-state index contributed by atoms with van der Waals surface area (Å²) >= 11 is 7.54. The fraction of sp³-hybridized carbons (Fsp3) is 0.800. The first-order valence-electron chi connectivity index (χ1n) is 5.17. The number of thiol groups is 2. The molecule has 0 unspecified atom stereocenters. The third-order valence-corrected chi connectivity index (χ3v) is 2.94. The van der Waals surface area contributed by atoms with Gasteiger partial charge < -0.3 is 14.6 Å². The lowest BCUT2D eigenvalue weighted by atomic mass is 9.88. The molecule has 0 spiro atoms. The molecule has 0 rings (SSSR count). The molecular formula is C10H18O5S2. The zero-order valence-electron chi connectivity index (χ0n) is 9.72. The van der Waals surface area contributed by atoms with Crippen LogP contribution in [0.15, 0.2) is 0 Å². The van der Waals surface area contributed by atoms with Crippen LogP contribution in [0.2, 0.25) is 0 Å². The summed E-state index contributed by atoms with van der Waals surface area (Å²) in [5.41, 5.74) is -0.753. The first-order chi connectivity index (χ1) is 8.03. The van der Waals surface area contributed by atoms with Crippen LogP contribution in [-0.2, 0) is 19.1 Å². The summed E-state index contributed by atoms with van der Waals surface area (Å²) in [5.74, 6) is -0.996. The summed E-state index contributed by atoms with van der Waals surface area (Å²) in [6.45, 7) is 1.58. The second-order valence-corrected chi connectivity index (χ2v) is 4.28. The molecule has 0 aliphatic rings. The molecule has 0 fully saturated rings. The van der Waals surface area contributed by atoms with Gasteiger partial charge >= 0.3 is 11.9 Å². The standard InChI is InChI=1S/C10H18O5S2/c1-2-10(5-11,6-14-8(12)3-16)7-15-9(13)4-17/h11,16-17H,2-7H2,1H3. The van der Waals surface area contributed by atoms with Gasteiger partial charge in [0.2, 0.25) is 0 Å². The van der Waals surface area contributed by atoms with E-state index < -0.39 is 17.4 Å². The molecule has 5 nitrogen and oxygen atoms in total. The molecule has 0 radical (unpaired) electrons. The van der Waals surface area contributed by atoms with Crippen LogP contribution < -0.4 is 0 Å². The van der Waals surface area contributed by atoms with Crippen LogP contribution in [0.3, 0.4) is 0 Å². The van der Waals surface area contributed by atoms with Crippen molar-refractivity contribution < 1.29 is 24.2 Å². The number of rotatable bonds is 8. The minimum atomic E-state index is -0.753. The van der Waals surface area contributed by atoms with Crippen molar-refractivity contribution in [3.63, 3.8) is 0 Å². The predicted octanol–water partition coefficient (Wildman–Crippen LogP) is 0.321. The minimum absolute atomic E-state index is 0.000749. The molecule has 0 saturated heterocycles. The molecule has 17 heavy (non-hydrogen) atoms. The maximum atomic E-state index is 11.0. The van der Waals surface area contributed by atoms with Crippen LogP contribution in [0.1, 0.15) is 13.3 Å². The Morgan fingerprint density at radius 3 is 1.76 bits per heavy atom. The van der Waals surface area contributed by atoms with Crippen molar-refractivity contribution in [3.05, 3.63) is 0 Å². The first kappa shape index (κ1) is 16.6. The van der Waals surface area contributed by atoms with Crippen molar-refractivity contribution in [2.24, 2.45) is 5.41 Å². The number of ether oxygens (including phenoxy) is 2. The van der Waals surface area contributed by atoms with Crippen LogP contribution in [0.25, 0.3) is 0 Å². The van der Waals surface area contributed by atoms with E-state index in [-0.39, 0.29) is 31.3 Å². The number of carbonyl (C=O) groups excluding carboxylic acids is 2. The predicted molar refractivity (Wildman–Crippen MR) is 69.4 cm³/mol. The molecule has 0 aromatic heterocycles. The van der Waals surface area contributed by atoms with Gasteiger partial charge in [-0.3, -0.25) is 9.59 Å². The lowest BCUT2D eigenvalue weighted by molar-refractivity contribution is -0.153. The molecule has 100 valence electrons. The zero-order valence-corrected chi connectivity index (χ0v) is 11.5. The molecule has 0 amide bonds. The largest absolute Gasteiger partial charge is 0.464 e. The van der Waals surface area contributed by atoms with Crippen LogP contribution in [-0.4, -0.2) is 48.4 Å². The third kappa shape index (κ3) is 6.18. The normalized spacial score (nSPS) is 11.1. The molecule has 0 saturated carbocycles. The number of hydrogen-bond donors (Lipinski definition) is 3. The van der Waals surface area contributed by atoms with Crippen molar-refractivity contribution in [2.45, 2.75) is 13.3 Å². The van der Waals surface area contributed by atoms with Gasteiger partial charge in [0.15, 0.2) is 0 Å². The van der Waals surface area contributed by atoms with Gasteiger partial charge in [-0.2, -0.15) is 25.3 Å².